The van der Waals surface area contributed by atoms with Gasteiger partial charge in [-0.25, -0.2) is 4.79 Å². The molecule has 0 bridgehead atoms. The van der Waals surface area contributed by atoms with E-state index >= 15 is 0 Å². The van der Waals surface area contributed by atoms with E-state index in [0.717, 1.165) is 47.2 Å². The van der Waals surface area contributed by atoms with Gasteiger partial charge in [0, 0.05) is 17.1 Å². The van der Waals surface area contributed by atoms with Crippen LogP contribution in [0.25, 0.3) is 11.0 Å². The third-order valence-corrected chi connectivity index (χ3v) is 4.99. The van der Waals surface area contributed by atoms with Gasteiger partial charge >= 0.3 is 5.63 Å². The van der Waals surface area contributed by atoms with Crippen molar-refractivity contribution < 1.29 is 9.15 Å². The van der Waals surface area contributed by atoms with Gasteiger partial charge < -0.3 is 14.1 Å². The average Bonchev–Trinajstić information content (AvgIpc) is 2.67. The Balaban J connectivity index is 1.80. The van der Waals surface area contributed by atoms with Crippen LogP contribution in [-0.2, 0) is 19.4 Å². The van der Waals surface area contributed by atoms with Crippen molar-refractivity contribution in [2.24, 2.45) is 0 Å². The quantitative estimate of drug-likeness (QED) is 0.642. The summed E-state index contributed by atoms with van der Waals surface area (Å²) in [6.07, 6.45) is 2.85. The predicted molar refractivity (Wildman–Crippen MR) is 104 cm³/mol. The highest BCUT2D eigenvalue weighted by Crippen LogP contribution is 2.35. The van der Waals surface area contributed by atoms with Crippen LogP contribution in [0.4, 0.5) is 5.69 Å². The summed E-state index contributed by atoms with van der Waals surface area (Å²) in [5.41, 5.74) is 4.79. The molecule has 0 N–H and O–H groups in total. The molecule has 2 aromatic carbocycles. The van der Waals surface area contributed by atoms with E-state index in [9.17, 15) is 4.79 Å². The van der Waals surface area contributed by atoms with Gasteiger partial charge in [0.25, 0.3) is 0 Å². The minimum atomic E-state index is -0.292. The molecular weight excluding hydrogens is 326 g/mol. The molecule has 1 aliphatic heterocycles. The molecule has 2 heterocycles. The van der Waals surface area contributed by atoms with Crippen LogP contribution in [-0.4, -0.2) is 6.73 Å². The van der Waals surface area contributed by atoms with E-state index in [1.54, 1.807) is 6.07 Å². The lowest BCUT2D eigenvalue weighted by Gasteiger charge is -2.31. The van der Waals surface area contributed by atoms with Crippen LogP contribution in [0.3, 0.4) is 0 Å². The number of ether oxygens (including phenoxy) is 1. The van der Waals surface area contributed by atoms with Gasteiger partial charge in [-0.15, -0.1) is 0 Å². The lowest BCUT2D eigenvalue weighted by atomic mass is 10.0. The topological polar surface area (TPSA) is 42.7 Å². The lowest BCUT2D eigenvalue weighted by molar-refractivity contribution is 0.289. The third kappa shape index (κ3) is 2.96. The van der Waals surface area contributed by atoms with Crippen LogP contribution in [0.1, 0.15) is 37.0 Å². The maximum atomic E-state index is 12.1. The second-order valence-electron chi connectivity index (χ2n) is 6.75. The smallest absolute Gasteiger partial charge is 0.336 e. The average molecular weight is 349 g/mol. The fourth-order valence-electron chi connectivity index (χ4n) is 3.61. The van der Waals surface area contributed by atoms with Gasteiger partial charge in [0.15, 0.2) is 6.73 Å². The molecule has 26 heavy (non-hydrogen) atoms. The molecule has 0 amide bonds. The number of aryl methyl sites for hydroxylation is 2. The van der Waals surface area contributed by atoms with Crippen molar-refractivity contribution in [2.75, 3.05) is 11.6 Å². The van der Waals surface area contributed by atoms with Crippen LogP contribution in [0.15, 0.2) is 51.7 Å². The van der Waals surface area contributed by atoms with Gasteiger partial charge in [0.05, 0.1) is 12.1 Å². The van der Waals surface area contributed by atoms with Gasteiger partial charge in [0.1, 0.15) is 11.3 Å². The Hall–Kier alpha value is -2.75. The summed E-state index contributed by atoms with van der Waals surface area (Å²) < 4.78 is 11.6. The van der Waals surface area contributed by atoms with Crippen molar-refractivity contribution in [2.45, 2.75) is 39.7 Å². The largest absolute Gasteiger partial charge is 0.473 e. The summed E-state index contributed by atoms with van der Waals surface area (Å²) in [6.45, 7) is 5.42. The molecule has 1 aromatic heterocycles. The normalized spacial score (nSPS) is 13.5. The number of benzene rings is 2. The summed E-state index contributed by atoms with van der Waals surface area (Å²) in [5.74, 6) is 0.803. The summed E-state index contributed by atoms with van der Waals surface area (Å²) in [4.78, 5) is 14.3. The molecule has 3 aromatic rings. The Labute approximate surface area is 153 Å². The van der Waals surface area contributed by atoms with Crippen molar-refractivity contribution in [3.05, 3.63) is 69.6 Å². The summed E-state index contributed by atoms with van der Waals surface area (Å²) in [7, 11) is 0. The molecule has 134 valence electrons. The number of hydrogen-bond donors (Lipinski definition) is 0. The number of hydrogen-bond acceptors (Lipinski definition) is 4. The van der Waals surface area contributed by atoms with Crippen LogP contribution in [0.2, 0.25) is 0 Å². The van der Waals surface area contributed by atoms with Crippen LogP contribution < -0.4 is 15.3 Å². The van der Waals surface area contributed by atoms with Crippen LogP contribution in [0, 0.1) is 0 Å². The molecule has 0 spiro atoms. The van der Waals surface area contributed by atoms with Crippen molar-refractivity contribution in [3.63, 3.8) is 0 Å². The van der Waals surface area contributed by atoms with E-state index in [1.807, 2.05) is 12.1 Å². The fraction of sp³-hybridized carbons (Fsp3) is 0.318. The Morgan fingerprint density at radius 2 is 2.00 bits per heavy atom. The van der Waals surface area contributed by atoms with Gasteiger partial charge in [0.2, 0.25) is 0 Å². The van der Waals surface area contributed by atoms with E-state index in [2.05, 4.69) is 43.0 Å². The zero-order valence-electron chi connectivity index (χ0n) is 15.2. The highest BCUT2D eigenvalue weighted by Gasteiger charge is 2.22. The second-order valence-corrected chi connectivity index (χ2v) is 6.75. The fourth-order valence-corrected chi connectivity index (χ4v) is 3.61. The molecule has 0 saturated carbocycles. The van der Waals surface area contributed by atoms with E-state index in [1.165, 1.54) is 5.56 Å². The first-order chi connectivity index (χ1) is 12.7. The highest BCUT2D eigenvalue weighted by atomic mass is 16.5. The number of anilines is 1. The molecule has 0 saturated heterocycles. The van der Waals surface area contributed by atoms with Crippen LogP contribution in [0.5, 0.6) is 5.75 Å². The van der Waals surface area contributed by atoms with E-state index in [0.29, 0.717) is 18.9 Å². The molecule has 4 heteroatoms. The standard InChI is InChI=1S/C22H23NO3/c1-3-6-16-12-21(24)26-22-18(16)9-10-20-19(22)13-23(14-25-20)17-8-5-7-15(4-2)11-17/h5,7-12H,3-4,6,13-14H2,1-2H3. The molecule has 0 aliphatic carbocycles. The Kier molecular flexibility index (Phi) is 4.41. The highest BCUT2D eigenvalue weighted by molar-refractivity contribution is 5.85. The lowest BCUT2D eigenvalue weighted by Crippen LogP contribution is -2.32. The zero-order chi connectivity index (χ0) is 18.1. The Morgan fingerprint density at radius 3 is 2.81 bits per heavy atom. The number of fused-ring (bicyclic) bond motifs is 3. The van der Waals surface area contributed by atoms with Crippen molar-refractivity contribution in [1.82, 2.24) is 0 Å². The van der Waals surface area contributed by atoms with E-state index in [-0.39, 0.29) is 5.63 Å². The van der Waals surface area contributed by atoms with Crippen molar-refractivity contribution in [1.29, 1.82) is 0 Å². The molecule has 0 fully saturated rings. The van der Waals surface area contributed by atoms with E-state index in [4.69, 9.17) is 9.15 Å². The SMILES string of the molecule is CCCc1cc(=O)oc2c3c(ccc12)OCN(c1cccc(CC)c1)C3. The molecule has 4 nitrogen and oxygen atoms in total. The number of rotatable bonds is 4. The zero-order valence-corrected chi connectivity index (χ0v) is 15.2. The first kappa shape index (κ1) is 16.7. The first-order valence-corrected chi connectivity index (χ1v) is 9.25. The Bertz CT molecular complexity index is 1010. The predicted octanol–water partition coefficient (Wildman–Crippen LogP) is 4.66. The van der Waals surface area contributed by atoms with Gasteiger partial charge in [-0.05, 0) is 48.2 Å². The first-order valence-electron chi connectivity index (χ1n) is 9.25. The second kappa shape index (κ2) is 6.87. The van der Waals surface area contributed by atoms with Crippen molar-refractivity contribution in [3.8, 4) is 5.75 Å². The summed E-state index contributed by atoms with van der Waals surface area (Å²) in [6, 6.07) is 14.1. The van der Waals surface area contributed by atoms with Gasteiger partial charge in [-0.1, -0.05) is 32.4 Å². The van der Waals surface area contributed by atoms with Crippen molar-refractivity contribution >= 4 is 16.7 Å². The van der Waals surface area contributed by atoms with Gasteiger partial charge in [-0.3, -0.25) is 0 Å². The molecular formula is C22H23NO3. The molecule has 0 radical (unpaired) electrons. The minimum Gasteiger partial charge on any atom is -0.473 e. The van der Waals surface area contributed by atoms with Crippen LogP contribution >= 0.6 is 0 Å². The maximum Gasteiger partial charge on any atom is 0.336 e. The third-order valence-electron chi connectivity index (χ3n) is 4.99. The monoisotopic (exact) mass is 349 g/mol. The summed E-state index contributed by atoms with van der Waals surface area (Å²) in [5, 5.41) is 1.01. The minimum absolute atomic E-state index is 0.292. The molecule has 1 aliphatic rings. The molecule has 0 atom stereocenters. The van der Waals surface area contributed by atoms with Gasteiger partial charge in [-0.2, -0.15) is 0 Å². The Morgan fingerprint density at radius 1 is 1.12 bits per heavy atom. The van der Waals surface area contributed by atoms with E-state index < -0.39 is 0 Å². The maximum absolute atomic E-state index is 12.1. The molecule has 0 unspecified atom stereocenters. The number of nitrogens with zero attached hydrogens (tertiary/aromatic N) is 1. The summed E-state index contributed by atoms with van der Waals surface area (Å²) >= 11 is 0. The molecule has 4 rings (SSSR count).